The molecule has 0 fully saturated rings. The summed E-state index contributed by atoms with van der Waals surface area (Å²) in [6, 6.07) is 16.1. The topological polar surface area (TPSA) is 30.5 Å². The third-order valence-electron chi connectivity index (χ3n) is 3.05. The van der Waals surface area contributed by atoms with Gasteiger partial charge in [0.25, 0.3) is 0 Å². The first kappa shape index (κ1) is 15.2. The third-order valence-corrected chi connectivity index (χ3v) is 3.05. The van der Waals surface area contributed by atoms with Crippen molar-refractivity contribution in [3.63, 3.8) is 0 Å². The van der Waals surface area contributed by atoms with Crippen LogP contribution in [0.3, 0.4) is 0 Å². The number of hydrogen-bond donors (Lipinski definition) is 1. The number of hydrogen-bond acceptors (Lipinski definition) is 3. The minimum absolute atomic E-state index is 0.531. The summed E-state index contributed by atoms with van der Waals surface area (Å²) >= 11 is 0. The van der Waals surface area contributed by atoms with Crippen LogP contribution in [0.5, 0.6) is 11.5 Å². The van der Waals surface area contributed by atoms with Crippen LogP contribution in [-0.2, 0) is 6.54 Å². The first-order chi connectivity index (χ1) is 10.2. The van der Waals surface area contributed by atoms with Crippen LogP contribution in [0, 0.1) is 5.92 Å². The SMILES string of the molecule is COc1cccc(NCc2cccc(OCC(C)C)c2)c1. The van der Waals surface area contributed by atoms with Gasteiger partial charge in [-0.3, -0.25) is 0 Å². The van der Waals surface area contributed by atoms with Gasteiger partial charge in [-0.25, -0.2) is 0 Å². The van der Waals surface area contributed by atoms with Crippen molar-refractivity contribution in [2.24, 2.45) is 5.92 Å². The van der Waals surface area contributed by atoms with Crippen molar-refractivity contribution in [3.8, 4) is 11.5 Å². The standard InChI is InChI=1S/C18H23NO2/c1-14(2)13-21-18-9-4-6-15(10-18)12-19-16-7-5-8-17(11-16)20-3/h4-11,14,19H,12-13H2,1-3H3. The highest BCUT2D eigenvalue weighted by molar-refractivity contribution is 5.48. The van der Waals surface area contributed by atoms with Crippen molar-refractivity contribution in [1.29, 1.82) is 0 Å². The molecule has 112 valence electrons. The molecule has 0 aliphatic carbocycles. The summed E-state index contributed by atoms with van der Waals surface area (Å²) in [7, 11) is 1.68. The van der Waals surface area contributed by atoms with Gasteiger partial charge < -0.3 is 14.8 Å². The van der Waals surface area contributed by atoms with E-state index >= 15 is 0 Å². The van der Waals surface area contributed by atoms with Gasteiger partial charge in [0.1, 0.15) is 11.5 Å². The predicted octanol–water partition coefficient (Wildman–Crippen LogP) is 4.34. The Morgan fingerprint density at radius 2 is 1.76 bits per heavy atom. The second-order valence-corrected chi connectivity index (χ2v) is 5.44. The van der Waals surface area contributed by atoms with Crippen LogP contribution in [0.2, 0.25) is 0 Å². The Kier molecular flexibility index (Phi) is 5.50. The normalized spacial score (nSPS) is 10.5. The van der Waals surface area contributed by atoms with E-state index in [0.29, 0.717) is 5.92 Å². The van der Waals surface area contributed by atoms with Crippen LogP contribution in [0.15, 0.2) is 48.5 Å². The first-order valence-corrected chi connectivity index (χ1v) is 7.27. The van der Waals surface area contributed by atoms with Crippen molar-refractivity contribution in [1.82, 2.24) is 0 Å². The van der Waals surface area contributed by atoms with E-state index in [0.717, 1.165) is 30.3 Å². The number of benzene rings is 2. The predicted molar refractivity (Wildman–Crippen MR) is 87.1 cm³/mol. The molecule has 3 heteroatoms. The molecule has 2 aromatic rings. The van der Waals surface area contributed by atoms with Crippen LogP contribution < -0.4 is 14.8 Å². The highest BCUT2D eigenvalue weighted by Crippen LogP contribution is 2.19. The Morgan fingerprint density at radius 1 is 1.00 bits per heavy atom. The second kappa shape index (κ2) is 7.58. The van der Waals surface area contributed by atoms with E-state index in [1.165, 1.54) is 5.56 Å². The molecular weight excluding hydrogens is 262 g/mol. The van der Waals surface area contributed by atoms with E-state index < -0.39 is 0 Å². The number of anilines is 1. The molecule has 1 N–H and O–H groups in total. The van der Waals surface area contributed by atoms with Gasteiger partial charge in [-0.05, 0) is 35.7 Å². The van der Waals surface area contributed by atoms with Crippen LogP contribution in [-0.4, -0.2) is 13.7 Å². The van der Waals surface area contributed by atoms with E-state index in [9.17, 15) is 0 Å². The molecule has 0 radical (unpaired) electrons. The van der Waals surface area contributed by atoms with E-state index in [2.05, 4.69) is 31.3 Å². The monoisotopic (exact) mass is 285 g/mol. The fourth-order valence-electron chi connectivity index (χ4n) is 1.95. The van der Waals surface area contributed by atoms with Crippen LogP contribution in [0.4, 0.5) is 5.69 Å². The molecule has 0 bridgehead atoms. The lowest BCUT2D eigenvalue weighted by atomic mass is 10.2. The molecule has 21 heavy (non-hydrogen) atoms. The largest absolute Gasteiger partial charge is 0.497 e. The van der Waals surface area contributed by atoms with Gasteiger partial charge in [-0.1, -0.05) is 32.0 Å². The van der Waals surface area contributed by atoms with E-state index in [-0.39, 0.29) is 0 Å². The summed E-state index contributed by atoms with van der Waals surface area (Å²) in [4.78, 5) is 0. The smallest absolute Gasteiger partial charge is 0.120 e. The Balaban J connectivity index is 1.94. The maximum atomic E-state index is 5.75. The van der Waals surface area contributed by atoms with Crippen molar-refractivity contribution in [2.45, 2.75) is 20.4 Å². The van der Waals surface area contributed by atoms with Crippen molar-refractivity contribution in [2.75, 3.05) is 19.0 Å². The zero-order chi connectivity index (χ0) is 15.1. The van der Waals surface area contributed by atoms with E-state index in [1.807, 2.05) is 36.4 Å². The van der Waals surface area contributed by atoms with Gasteiger partial charge in [0.15, 0.2) is 0 Å². The van der Waals surface area contributed by atoms with E-state index in [4.69, 9.17) is 9.47 Å². The van der Waals surface area contributed by atoms with Gasteiger partial charge in [0.2, 0.25) is 0 Å². The first-order valence-electron chi connectivity index (χ1n) is 7.27. The molecule has 0 aliphatic rings. The maximum absolute atomic E-state index is 5.75. The highest BCUT2D eigenvalue weighted by Gasteiger charge is 2.00. The van der Waals surface area contributed by atoms with Crippen LogP contribution in [0.25, 0.3) is 0 Å². The maximum Gasteiger partial charge on any atom is 0.120 e. The zero-order valence-electron chi connectivity index (χ0n) is 12.9. The van der Waals surface area contributed by atoms with Gasteiger partial charge in [0.05, 0.1) is 13.7 Å². The minimum atomic E-state index is 0.531. The fraction of sp³-hybridized carbons (Fsp3) is 0.333. The lowest BCUT2D eigenvalue weighted by Crippen LogP contribution is -2.05. The summed E-state index contributed by atoms with van der Waals surface area (Å²) in [5, 5.41) is 3.39. The van der Waals surface area contributed by atoms with Crippen LogP contribution in [0.1, 0.15) is 19.4 Å². The molecule has 0 heterocycles. The van der Waals surface area contributed by atoms with Crippen LogP contribution >= 0.6 is 0 Å². The van der Waals surface area contributed by atoms with Gasteiger partial charge in [-0.2, -0.15) is 0 Å². The molecule has 0 aromatic heterocycles. The molecule has 2 aromatic carbocycles. The van der Waals surface area contributed by atoms with Crippen molar-refractivity contribution < 1.29 is 9.47 Å². The number of rotatable bonds is 7. The molecule has 0 amide bonds. The number of nitrogens with one attached hydrogen (secondary N) is 1. The van der Waals surface area contributed by atoms with Crippen molar-refractivity contribution in [3.05, 3.63) is 54.1 Å². The van der Waals surface area contributed by atoms with Crippen molar-refractivity contribution >= 4 is 5.69 Å². The molecule has 2 rings (SSSR count). The molecule has 0 saturated heterocycles. The fourth-order valence-corrected chi connectivity index (χ4v) is 1.95. The van der Waals surface area contributed by atoms with Gasteiger partial charge in [-0.15, -0.1) is 0 Å². The van der Waals surface area contributed by atoms with E-state index in [1.54, 1.807) is 7.11 Å². The minimum Gasteiger partial charge on any atom is -0.497 e. The molecule has 0 saturated carbocycles. The summed E-state index contributed by atoms with van der Waals surface area (Å²) in [5.74, 6) is 2.31. The lowest BCUT2D eigenvalue weighted by molar-refractivity contribution is 0.271. The molecule has 0 atom stereocenters. The second-order valence-electron chi connectivity index (χ2n) is 5.44. The Morgan fingerprint density at radius 3 is 2.52 bits per heavy atom. The Hall–Kier alpha value is -2.16. The quantitative estimate of drug-likeness (QED) is 0.820. The Labute approximate surface area is 126 Å². The number of methoxy groups -OCH3 is 1. The average molecular weight is 285 g/mol. The summed E-state index contributed by atoms with van der Waals surface area (Å²) in [5.41, 5.74) is 2.24. The Bertz CT molecular complexity index is 567. The lowest BCUT2D eigenvalue weighted by Gasteiger charge is -2.11. The molecule has 0 aliphatic heterocycles. The van der Waals surface area contributed by atoms with Gasteiger partial charge in [0, 0.05) is 18.3 Å². The summed E-state index contributed by atoms with van der Waals surface area (Å²) in [6.45, 7) is 5.79. The molecule has 0 spiro atoms. The third kappa shape index (κ3) is 5.03. The number of ether oxygens (including phenoxy) is 2. The van der Waals surface area contributed by atoms with Gasteiger partial charge >= 0.3 is 0 Å². The highest BCUT2D eigenvalue weighted by atomic mass is 16.5. The average Bonchev–Trinajstić information content (AvgIpc) is 2.51. The molecule has 3 nitrogen and oxygen atoms in total. The zero-order valence-corrected chi connectivity index (χ0v) is 12.9. The summed E-state index contributed by atoms with van der Waals surface area (Å²) in [6.07, 6.45) is 0. The summed E-state index contributed by atoms with van der Waals surface area (Å²) < 4.78 is 11.0. The molecular formula is C18H23NO2. The molecule has 0 unspecified atom stereocenters.